The molecule has 3 rings (SSSR count). The molecule has 2 aromatic carbocycles. The van der Waals surface area contributed by atoms with Gasteiger partial charge in [0.15, 0.2) is 0 Å². The summed E-state index contributed by atoms with van der Waals surface area (Å²) in [6.07, 6.45) is 0. The van der Waals surface area contributed by atoms with Gasteiger partial charge in [-0.15, -0.1) is 0 Å². The van der Waals surface area contributed by atoms with Crippen LogP contribution >= 0.6 is 15.9 Å². The summed E-state index contributed by atoms with van der Waals surface area (Å²) < 4.78 is 21.1. The van der Waals surface area contributed by atoms with Crippen LogP contribution in [0.1, 0.15) is 10.5 Å². The predicted molar refractivity (Wildman–Crippen MR) is 94.8 cm³/mol. The number of hydrogen-bond acceptors (Lipinski definition) is 2. The first kappa shape index (κ1) is 16.5. The standard InChI is InChI=1S/C18H16BrFN2O2/c1-22-15-8-3-2-7-14(15)16(19)17(22)18(23)21-9-10-24-13-6-4-5-12(20)11-13/h2-8,11H,9-10H2,1H3,(H,21,23). The fourth-order valence-corrected chi connectivity index (χ4v) is 3.35. The Hall–Kier alpha value is -2.34. The molecule has 4 nitrogen and oxygen atoms in total. The molecule has 3 aromatic rings. The van der Waals surface area contributed by atoms with Gasteiger partial charge in [-0.25, -0.2) is 4.39 Å². The molecule has 6 heteroatoms. The van der Waals surface area contributed by atoms with E-state index in [2.05, 4.69) is 21.2 Å². The molecule has 1 heterocycles. The lowest BCUT2D eigenvalue weighted by molar-refractivity contribution is 0.0938. The van der Waals surface area contributed by atoms with Crippen LogP contribution in [-0.2, 0) is 7.05 Å². The van der Waals surface area contributed by atoms with Crippen LogP contribution in [0.3, 0.4) is 0 Å². The molecule has 0 radical (unpaired) electrons. The number of aryl methyl sites for hydroxylation is 1. The van der Waals surface area contributed by atoms with Crippen LogP contribution in [0.2, 0.25) is 0 Å². The number of carbonyl (C=O) groups excluding carboxylic acids is 1. The summed E-state index contributed by atoms with van der Waals surface area (Å²) in [5.74, 6) is -0.102. The second-order valence-electron chi connectivity index (χ2n) is 5.30. The highest BCUT2D eigenvalue weighted by molar-refractivity contribution is 9.10. The molecule has 124 valence electrons. The summed E-state index contributed by atoms with van der Waals surface area (Å²) >= 11 is 3.50. The maximum atomic E-state index is 13.1. The van der Waals surface area contributed by atoms with E-state index in [4.69, 9.17) is 4.74 Å². The van der Waals surface area contributed by atoms with Gasteiger partial charge < -0.3 is 14.6 Å². The molecule has 1 N–H and O–H groups in total. The summed E-state index contributed by atoms with van der Waals surface area (Å²) in [4.78, 5) is 12.4. The molecule has 0 aliphatic rings. The Balaban J connectivity index is 1.63. The topological polar surface area (TPSA) is 43.3 Å². The Labute approximate surface area is 147 Å². The van der Waals surface area contributed by atoms with E-state index < -0.39 is 0 Å². The van der Waals surface area contributed by atoms with Gasteiger partial charge in [0.1, 0.15) is 23.9 Å². The normalized spacial score (nSPS) is 10.8. The molecule has 0 bridgehead atoms. The SMILES string of the molecule is Cn1c(C(=O)NCCOc2cccc(F)c2)c(Br)c2ccccc21. The Bertz CT molecular complexity index is 853. The molecule has 1 amide bonds. The first-order chi connectivity index (χ1) is 11.6. The van der Waals surface area contributed by atoms with Crippen molar-refractivity contribution in [1.29, 1.82) is 0 Å². The quantitative estimate of drug-likeness (QED) is 0.671. The number of halogens is 2. The molecular weight excluding hydrogens is 375 g/mol. The summed E-state index contributed by atoms with van der Waals surface area (Å²) in [7, 11) is 1.85. The van der Waals surface area contributed by atoms with Crippen molar-refractivity contribution in [2.75, 3.05) is 13.2 Å². The minimum absolute atomic E-state index is 0.191. The van der Waals surface area contributed by atoms with Crippen molar-refractivity contribution in [1.82, 2.24) is 9.88 Å². The lowest BCUT2D eigenvalue weighted by Crippen LogP contribution is -2.29. The smallest absolute Gasteiger partial charge is 0.269 e. The second kappa shape index (κ2) is 7.05. The maximum absolute atomic E-state index is 13.1. The Morgan fingerprint density at radius 1 is 1.25 bits per heavy atom. The van der Waals surface area contributed by atoms with Gasteiger partial charge in [-0.3, -0.25) is 4.79 Å². The van der Waals surface area contributed by atoms with Crippen molar-refractivity contribution in [2.24, 2.45) is 7.05 Å². The van der Waals surface area contributed by atoms with Gasteiger partial charge in [-0.1, -0.05) is 24.3 Å². The number of amides is 1. The molecule has 0 saturated heterocycles. The molecule has 0 aliphatic heterocycles. The van der Waals surface area contributed by atoms with Crippen molar-refractivity contribution in [3.8, 4) is 5.75 Å². The number of carbonyl (C=O) groups is 1. The second-order valence-corrected chi connectivity index (χ2v) is 6.09. The van der Waals surface area contributed by atoms with E-state index in [-0.39, 0.29) is 18.3 Å². The molecule has 0 spiro atoms. The van der Waals surface area contributed by atoms with Gasteiger partial charge in [0.2, 0.25) is 0 Å². The fraction of sp³-hybridized carbons (Fsp3) is 0.167. The first-order valence-corrected chi connectivity index (χ1v) is 8.26. The third-order valence-electron chi connectivity index (χ3n) is 3.71. The largest absolute Gasteiger partial charge is 0.492 e. The van der Waals surface area contributed by atoms with Gasteiger partial charge in [-0.2, -0.15) is 0 Å². The maximum Gasteiger partial charge on any atom is 0.269 e. The van der Waals surface area contributed by atoms with Gasteiger partial charge in [0.05, 0.1) is 11.0 Å². The number of ether oxygens (including phenoxy) is 1. The molecule has 1 aromatic heterocycles. The van der Waals surface area contributed by atoms with Crippen LogP contribution in [0.15, 0.2) is 53.0 Å². The first-order valence-electron chi connectivity index (χ1n) is 7.47. The number of aromatic nitrogens is 1. The van der Waals surface area contributed by atoms with Crippen LogP contribution in [0.25, 0.3) is 10.9 Å². The Morgan fingerprint density at radius 3 is 2.79 bits per heavy atom. The molecule has 0 unspecified atom stereocenters. The van der Waals surface area contributed by atoms with Crippen molar-refractivity contribution >= 4 is 32.7 Å². The zero-order valence-electron chi connectivity index (χ0n) is 13.1. The molecule has 0 fully saturated rings. The van der Waals surface area contributed by atoms with E-state index in [1.54, 1.807) is 12.1 Å². The zero-order chi connectivity index (χ0) is 17.1. The highest BCUT2D eigenvalue weighted by atomic mass is 79.9. The molecular formula is C18H16BrFN2O2. The van der Waals surface area contributed by atoms with Gasteiger partial charge in [-0.05, 0) is 34.1 Å². The van der Waals surface area contributed by atoms with Crippen molar-refractivity contribution in [3.63, 3.8) is 0 Å². The van der Waals surface area contributed by atoms with E-state index in [9.17, 15) is 9.18 Å². The number of benzene rings is 2. The third kappa shape index (κ3) is 3.28. The van der Waals surface area contributed by atoms with E-state index in [1.807, 2.05) is 35.9 Å². The lowest BCUT2D eigenvalue weighted by Gasteiger charge is -2.09. The number of nitrogens with one attached hydrogen (secondary N) is 1. The van der Waals surface area contributed by atoms with Gasteiger partial charge in [0, 0.05) is 24.0 Å². The highest BCUT2D eigenvalue weighted by Crippen LogP contribution is 2.30. The zero-order valence-corrected chi connectivity index (χ0v) is 14.6. The van der Waals surface area contributed by atoms with E-state index in [1.165, 1.54) is 12.1 Å². The van der Waals surface area contributed by atoms with Crippen LogP contribution < -0.4 is 10.1 Å². The molecule has 24 heavy (non-hydrogen) atoms. The van der Waals surface area contributed by atoms with Crippen LogP contribution in [0.4, 0.5) is 4.39 Å². The Kier molecular flexibility index (Phi) is 4.85. The number of hydrogen-bond donors (Lipinski definition) is 1. The van der Waals surface area contributed by atoms with Gasteiger partial charge >= 0.3 is 0 Å². The van der Waals surface area contributed by atoms with Crippen LogP contribution in [0.5, 0.6) is 5.75 Å². The summed E-state index contributed by atoms with van der Waals surface area (Å²) in [5.41, 5.74) is 1.53. The lowest BCUT2D eigenvalue weighted by atomic mass is 10.2. The van der Waals surface area contributed by atoms with Crippen LogP contribution in [-0.4, -0.2) is 23.6 Å². The van der Waals surface area contributed by atoms with Crippen molar-refractivity contribution < 1.29 is 13.9 Å². The monoisotopic (exact) mass is 390 g/mol. The summed E-state index contributed by atoms with van der Waals surface area (Å²) in [6, 6.07) is 13.7. The third-order valence-corrected chi connectivity index (χ3v) is 4.52. The van der Waals surface area contributed by atoms with Crippen molar-refractivity contribution in [3.05, 3.63) is 64.5 Å². The number of nitrogens with zero attached hydrogens (tertiary/aromatic N) is 1. The highest BCUT2D eigenvalue weighted by Gasteiger charge is 2.18. The molecule has 0 aliphatic carbocycles. The Morgan fingerprint density at radius 2 is 2.04 bits per heavy atom. The summed E-state index contributed by atoms with van der Waals surface area (Å²) in [6.45, 7) is 0.583. The van der Waals surface area contributed by atoms with Crippen LogP contribution in [0, 0.1) is 5.82 Å². The van der Waals surface area contributed by atoms with E-state index in [0.717, 1.165) is 15.4 Å². The average Bonchev–Trinajstić information content (AvgIpc) is 2.83. The van der Waals surface area contributed by atoms with E-state index in [0.29, 0.717) is 18.0 Å². The fourth-order valence-electron chi connectivity index (χ4n) is 2.57. The van der Waals surface area contributed by atoms with Gasteiger partial charge in [0.25, 0.3) is 5.91 Å². The predicted octanol–water partition coefficient (Wildman–Crippen LogP) is 3.89. The average molecular weight is 391 g/mol. The van der Waals surface area contributed by atoms with Crippen molar-refractivity contribution in [2.45, 2.75) is 0 Å². The molecule has 0 atom stereocenters. The van der Waals surface area contributed by atoms with E-state index >= 15 is 0 Å². The summed E-state index contributed by atoms with van der Waals surface area (Å²) in [5, 5.41) is 3.81. The minimum atomic E-state index is -0.351. The number of fused-ring (bicyclic) bond motifs is 1. The number of para-hydroxylation sites is 1. The minimum Gasteiger partial charge on any atom is -0.492 e. The number of rotatable bonds is 5. The molecule has 0 saturated carbocycles.